The van der Waals surface area contributed by atoms with Crippen LogP contribution >= 0.6 is 0 Å². The SMILES string of the molecule is CCCOc1ccc([S+]2CCOCC2)c2ccccc12. The van der Waals surface area contributed by atoms with Gasteiger partial charge in [-0.05, 0) is 24.6 Å². The van der Waals surface area contributed by atoms with Crippen molar-refractivity contribution in [3.63, 3.8) is 0 Å². The van der Waals surface area contributed by atoms with Gasteiger partial charge in [-0.15, -0.1) is 0 Å². The van der Waals surface area contributed by atoms with E-state index in [9.17, 15) is 0 Å². The van der Waals surface area contributed by atoms with Crippen LogP contribution < -0.4 is 4.74 Å². The molecule has 0 saturated carbocycles. The van der Waals surface area contributed by atoms with Crippen molar-refractivity contribution in [1.29, 1.82) is 0 Å². The van der Waals surface area contributed by atoms with Crippen molar-refractivity contribution in [2.75, 3.05) is 31.3 Å². The summed E-state index contributed by atoms with van der Waals surface area (Å²) in [6.45, 7) is 4.71. The van der Waals surface area contributed by atoms with E-state index < -0.39 is 0 Å². The molecule has 0 bridgehead atoms. The fourth-order valence-corrected chi connectivity index (χ4v) is 4.61. The van der Waals surface area contributed by atoms with Gasteiger partial charge < -0.3 is 9.47 Å². The number of ether oxygens (including phenoxy) is 2. The maximum atomic E-state index is 5.89. The Hall–Kier alpha value is -1.19. The van der Waals surface area contributed by atoms with Crippen LogP contribution in [0.3, 0.4) is 0 Å². The number of hydrogen-bond acceptors (Lipinski definition) is 2. The second kappa shape index (κ2) is 6.51. The van der Waals surface area contributed by atoms with Crippen LogP contribution in [0.4, 0.5) is 0 Å². The number of rotatable bonds is 4. The molecule has 0 spiro atoms. The van der Waals surface area contributed by atoms with E-state index in [1.54, 1.807) is 0 Å². The summed E-state index contributed by atoms with van der Waals surface area (Å²) in [5.74, 6) is 3.32. The van der Waals surface area contributed by atoms with E-state index in [2.05, 4.69) is 43.3 Å². The zero-order chi connectivity index (χ0) is 13.8. The van der Waals surface area contributed by atoms with Crippen LogP contribution in [0, 0.1) is 0 Å². The molecule has 0 aliphatic carbocycles. The van der Waals surface area contributed by atoms with Gasteiger partial charge in [0.2, 0.25) is 0 Å². The molecule has 2 nitrogen and oxygen atoms in total. The van der Waals surface area contributed by atoms with E-state index in [1.807, 2.05) is 0 Å². The third kappa shape index (κ3) is 2.79. The average molecular weight is 289 g/mol. The zero-order valence-corrected chi connectivity index (χ0v) is 12.7. The maximum absolute atomic E-state index is 5.89. The summed E-state index contributed by atoms with van der Waals surface area (Å²) in [4.78, 5) is 1.48. The lowest BCUT2D eigenvalue weighted by atomic mass is 10.1. The van der Waals surface area contributed by atoms with Crippen LogP contribution in [0.25, 0.3) is 10.8 Å². The monoisotopic (exact) mass is 289 g/mol. The van der Waals surface area contributed by atoms with E-state index in [0.29, 0.717) is 10.9 Å². The first-order valence-corrected chi connectivity index (χ1v) is 8.86. The van der Waals surface area contributed by atoms with Crippen molar-refractivity contribution in [3.05, 3.63) is 36.4 Å². The first-order valence-electron chi connectivity index (χ1n) is 7.30. The first-order chi connectivity index (χ1) is 9.90. The Bertz CT molecular complexity index is 576. The van der Waals surface area contributed by atoms with E-state index >= 15 is 0 Å². The molecule has 0 radical (unpaired) electrons. The Labute approximate surface area is 123 Å². The second-order valence-corrected chi connectivity index (χ2v) is 7.21. The Morgan fingerprint density at radius 1 is 1.05 bits per heavy atom. The predicted octanol–water partition coefficient (Wildman–Crippen LogP) is 3.64. The minimum Gasteiger partial charge on any atom is -0.493 e. The molecule has 1 aliphatic rings. The highest BCUT2D eigenvalue weighted by molar-refractivity contribution is 7.97. The fourth-order valence-electron chi connectivity index (χ4n) is 2.58. The van der Waals surface area contributed by atoms with E-state index in [-0.39, 0.29) is 0 Å². The molecule has 20 heavy (non-hydrogen) atoms. The summed E-state index contributed by atoms with van der Waals surface area (Å²) in [6.07, 6.45) is 1.04. The third-order valence-electron chi connectivity index (χ3n) is 3.56. The number of fused-ring (bicyclic) bond motifs is 1. The minimum absolute atomic E-state index is 0.323. The van der Waals surface area contributed by atoms with Crippen molar-refractivity contribution in [2.45, 2.75) is 18.2 Å². The Morgan fingerprint density at radius 2 is 1.80 bits per heavy atom. The number of hydrogen-bond donors (Lipinski definition) is 0. The third-order valence-corrected chi connectivity index (χ3v) is 5.86. The summed E-state index contributed by atoms with van der Waals surface area (Å²) in [7, 11) is 0.323. The van der Waals surface area contributed by atoms with Gasteiger partial charge in [0.05, 0.1) is 19.8 Å². The van der Waals surface area contributed by atoms with Crippen molar-refractivity contribution < 1.29 is 9.47 Å². The smallest absolute Gasteiger partial charge is 0.163 e. The molecule has 1 aliphatic heterocycles. The van der Waals surface area contributed by atoms with Crippen LogP contribution in [0.1, 0.15) is 13.3 Å². The van der Waals surface area contributed by atoms with Crippen LogP contribution in [-0.4, -0.2) is 31.3 Å². The molecule has 2 aromatic rings. The van der Waals surface area contributed by atoms with Gasteiger partial charge in [0.25, 0.3) is 0 Å². The molecule has 0 N–H and O–H groups in total. The van der Waals surface area contributed by atoms with Gasteiger partial charge >= 0.3 is 0 Å². The molecule has 0 aromatic heterocycles. The topological polar surface area (TPSA) is 18.5 Å². The van der Waals surface area contributed by atoms with Crippen molar-refractivity contribution >= 4 is 21.7 Å². The van der Waals surface area contributed by atoms with E-state index in [1.165, 1.54) is 15.7 Å². The average Bonchev–Trinajstić information content (AvgIpc) is 2.53. The minimum atomic E-state index is 0.323. The molecule has 2 aromatic carbocycles. The van der Waals surface area contributed by atoms with Gasteiger partial charge in [-0.2, -0.15) is 0 Å². The molecule has 1 fully saturated rings. The molecule has 3 heteroatoms. The molecule has 0 atom stereocenters. The van der Waals surface area contributed by atoms with E-state index in [4.69, 9.17) is 9.47 Å². The van der Waals surface area contributed by atoms with Crippen molar-refractivity contribution in [3.8, 4) is 5.75 Å². The molecule has 0 unspecified atom stereocenters. The fraction of sp³-hybridized carbons (Fsp3) is 0.412. The summed E-state index contributed by atoms with van der Waals surface area (Å²) in [6, 6.07) is 13.0. The highest BCUT2D eigenvalue weighted by Gasteiger charge is 2.27. The second-order valence-electron chi connectivity index (χ2n) is 4.97. The summed E-state index contributed by atoms with van der Waals surface area (Å²) in [5.41, 5.74) is 0. The normalized spacial score (nSPS) is 16.4. The summed E-state index contributed by atoms with van der Waals surface area (Å²) >= 11 is 0. The molecule has 106 valence electrons. The van der Waals surface area contributed by atoms with Gasteiger partial charge in [-0.1, -0.05) is 25.1 Å². The summed E-state index contributed by atoms with van der Waals surface area (Å²) in [5, 5.41) is 2.60. The Morgan fingerprint density at radius 3 is 2.55 bits per heavy atom. The molecular weight excluding hydrogens is 268 g/mol. The molecule has 1 heterocycles. The van der Waals surface area contributed by atoms with Crippen LogP contribution in [0.15, 0.2) is 41.3 Å². The van der Waals surface area contributed by atoms with E-state index in [0.717, 1.165) is 43.5 Å². The Balaban J connectivity index is 2.01. The van der Waals surface area contributed by atoms with Gasteiger partial charge in [0, 0.05) is 21.7 Å². The molecule has 0 amide bonds. The van der Waals surface area contributed by atoms with Gasteiger partial charge in [0.15, 0.2) is 4.90 Å². The zero-order valence-electron chi connectivity index (χ0n) is 11.9. The highest BCUT2D eigenvalue weighted by atomic mass is 32.2. The van der Waals surface area contributed by atoms with Gasteiger partial charge in [0.1, 0.15) is 17.3 Å². The lowest BCUT2D eigenvalue weighted by Gasteiger charge is -2.16. The maximum Gasteiger partial charge on any atom is 0.163 e. The van der Waals surface area contributed by atoms with Crippen molar-refractivity contribution in [1.82, 2.24) is 0 Å². The number of benzene rings is 2. The summed E-state index contributed by atoms with van der Waals surface area (Å²) < 4.78 is 11.4. The highest BCUT2D eigenvalue weighted by Crippen LogP contribution is 2.33. The lowest BCUT2D eigenvalue weighted by Crippen LogP contribution is -2.26. The Kier molecular flexibility index (Phi) is 4.48. The predicted molar refractivity (Wildman–Crippen MR) is 85.9 cm³/mol. The quantitative estimate of drug-likeness (QED) is 0.800. The molecular formula is C17H21O2S+. The van der Waals surface area contributed by atoms with Crippen molar-refractivity contribution in [2.24, 2.45) is 0 Å². The lowest BCUT2D eigenvalue weighted by molar-refractivity contribution is 0.159. The first kappa shape index (κ1) is 13.8. The molecule has 3 rings (SSSR count). The van der Waals surface area contributed by atoms with Gasteiger partial charge in [-0.3, -0.25) is 0 Å². The molecule has 1 saturated heterocycles. The van der Waals surface area contributed by atoms with Gasteiger partial charge in [-0.25, -0.2) is 0 Å². The van der Waals surface area contributed by atoms with Crippen LogP contribution in [0.5, 0.6) is 5.75 Å². The van der Waals surface area contributed by atoms with Crippen LogP contribution in [-0.2, 0) is 15.6 Å². The largest absolute Gasteiger partial charge is 0.493 e. The van der Waals surface area contributed by atoms with Crippen LogP contribution in [0.2, 0.25) is 0 Å². The standard InChI is InChI=1S/C17H21O2S/c1-2-9-19-16-7-8-17(20-12-10-18-11-13-20)15-6-4-3-5-14(15)16/h3-8H,2,9-13H2,1H3/q+1.